The van der Waals surface area contributed by atoms with Crippen molar-refractivity contribution in [3.63, 3.8) is 0 Å². The third-order valence-electron chi connectivity index (χ3n) is 5.95. The number of aromatic nitrogens is 2. The number of likely N-dealkylation sites (tertiary alicyclic amines) is 1. The molecule has 1 aromatic heterocycles. The number of hydrogen-bond acceptors (Lipinski definition) is 4. The normalized spacial score (nSPS) is 17.4. The number of benzene rings is 1. The SMILES string of the molecule is Cc1[nH]ncc1C(=O)N1CCC(CC(=O)Nc2cccc(N3CCCC3=O)c2)CC1. The molecule has 2 saturated heterocycles. The van der Waals surface area contributed by atoms with Crippen molar-refractivity contribution >= 4 is 29.1 Å². The average Bonchev–Trinajstić information content (AvgIpc) is 3.36. The summed E-state index contributed by atoms with van der Waals surface area (Å²) in [6.07, 6.45) is 5.06. The second-order valence-corrected chi connectivity index (χ2v) is 8.10. The van der Waals surface area contributed by atoms with Crippen LogP contribution in [0.3, 0.4) is 0 Å². The van der Waals surface area contributed by atoms with Gasteiger partial charge in [-0.3, -0.25) is 19.5 Å². The molecule has 0 aliphatic carbocycles. The fourth-order valence-electron chi connectivity index (χ4n) is 4.22. The summed E-state index contributed by atoms with van der Waals surface area (Å²) in [4.78, 5) is 40.7. The second kappa shape index (κ2) is 8.69. The van der Waals surface area contributed by atoms with Gasteiger partial charge in [0.1, 0.15) is 0 Å². The van der Waals surface area contributed by atoms with Gasteiger partial charge in [-0.05, 0) is 50.3 Å². The van der Waals surface area contributed by atoms with Gasteiger partial charge >= 0.3 is 0 Å². The van der Waals surface area contributed by atoms with E-state index in [9.17, 15) is 14.4 Å². The average molecular weight is 409 g/mol. The number of rotatable bonds is 5. The third kappa shape index (κ3) is 4.37. The molecule has 1 aromatic carbocycles. The Balaban J connectivity index is 1.28. The van der Waals surface area contributed by atoms with Crippen molar-refractivity contribution in [1.82, 2.24) is 15.1 Å². The molecule has 3 amide bonds. The third-order valence-corrected chi connectivity index (χ3v) is 5.95. The lowest BCUT2D eigenvalue weighted by atomic mass is 9.93. The number of aryl methyl sites for hydroxylation is 1. The minimum Gasteiger partial charge on any atom is -0.339 e. The largest absolute Gasteiger partial charge is 0.339 e. The molecule has 0 spiro atoms. The Hall–Kier alpha value is -3.16. The highest BCUT2D eigenvalue weighted by Crippen LogP contribution is 2.26. The number of hydrogen-bond donors (Lipinski definition) is 2. The molecular formula is C22H27N5O3. The number of H-pyrrole nitrogens is 1. The van der Waals surface area contributed by atoms with Gasteiger partial charge in [0, 0.05) is 49.5 Å². The van der Waals surface area contributed by atoms with Gasteiger partial charge < -0.3 is 15.1 Å². The molecule has 2 aliphatic rings. The maximum absolute atomic E-state index is 12.6. The molecule has 8 nitrogen and oxygen atoms in total. The molecular weight excluding hydrogens is 382 g/mol. The lowest BCUT2D eigenvalue weighted by Crippen LogP contribution is -2.39. The summed E-state index contributed by atoms with van der Waals surface area (Å²) in [5.74, 6) is 0.348. The minimum absolute atomic E-state index is 0.00238. The standard InChI is InChI=1S/C22H27N5O3/c1-15-19(14-23-25-15)22(30)26-10-7-16(8-11-26)12-20(28)24-17-4-2-5-18(13-17)27-9-3-6-21(27)29/h2,4-5,13-14,16H,3,6-12H2,1H3,(H,23,25)(H,24,28). The zero-order valence-electron chi connectivity index (χ0n) is 17.2. The minimum atomic E-state index is -0.0321. The van der Waals surface area contributed by atoms with Crippen LogP contribution in [0.25, 0.3) is 0 Å². The van der Waals surface area contributed by atoms with Crippen LogP contribution in [0, 0.1) is 12.8 Å². The van der Waals surface area contributed by atoms with Crippen molar-refractivity contribution in [3.05, 3.63) is 41.7 Å². The van der Waals surface area contributed by atoms with Gasteiger partial charge in [-0.25, -0.2) is 0 Å². The summed E-state index contributed by atoms with van der Waals surface area (Å²) >= 11 is 0. The first-order chi connectivity index (χ1) is 14.5. The van der Waals surface area contributed by atoms with E-state index < -0.39 is 0 Å². The molecule has 0 radical (unpaired) electrons. The van der Waals surface area contributed by atoms with E-state index in [4.69, 9.17) is 0 Å². The Morgan fingerprint density at radius 2 is 2.03 bits per heavy atom. The Morgan fingerprint density at radius 3 is 2.70 bits per heavy atom. The summed E-state index contributed by atoms with van der Waals surface area (Å²) in [6, 6.07) is 7.46. The lowest BCUT2D eigenvalue weighted by molar-refractivity contribution is -0.118. The molecule has 158 valence electrons. The van der Waals surface area contributed by atoms with Crippen LogP contribution in [0.2, 0.25) is 0 Å². The van der Waals surface area contributed by atoms with Gasteiger partial charge in [-0.15, -0.1) is 0 Å². The van der Waals surface area contributed by atoms with Crippen LogP contribution < -0.4 is 10.2 Å². The summed E-state index contributed by atoms with van der Waals surface area (Å²) in [5, 5.41) is 9.68. The molecule has 2 N–H and O–H groups in total. The highest BCUT2D eigenvalue weighted by atomic mass is 16.2. The van der Waals surface area contributed by atoms with Crippen LogP contribution in [0.4, 0.5) is 11.4 Å². The second-order valence-electron chi connectivity index (χ2n) is 8.10. The zero-order chi connectivity index (χ0) is 21.1. The quantitative estimate of drug-likeness (QED) is 0.793. The molecule has 2 aliphatic heterocycles. The van der Waals surface area contributed by atoms with Crippen molar-refractivity contribution in [2.24, 2.45) is 5.92 Å². The highest BCUT2D eigenvalue weighted by Gasteiger charge is 2.27. The number of anilines is 2. The van der Waals surface area contributed by atoms with Crippen LogP contribution >= 0.6 is 0 Å². The first-order valence-electron chi connectivity index (χ1n) is 10.5. The van der Waals surface area contributed by atoms with Crippen molar-refractivity contribution in [1.29, 1.82) is 0 Å². The van der Waals surface area contributed by atoms with Crippen LogP contribution in [0.5, 0.6) is 0 Å². The van der Waals surface area contributed by atoms with Gasteiger partial charge in [-0.1, -0.05) is 6.07 Å². The van der Waals surface area contributed by atoms with Gasteiger partial charge in [-0.2, -0.15) is 5.10 Å². The van der Waals surface area contributed by atoms with Gasteiger partial charge in [0.05, 0.1) is 11.8 Å². The molecule has 30 heavy (non-hydrogen) atoms. The Kier molecular flexibility index (Phi) is 5.83. The maximum Gasteiger partial charge on any atom is 0.257 e. The van der Waals surface area contributed by atoms with E-state index >= 15 is 0 Å². The Morgan fingerprint density at radius 1 is 1.23 bits per heavy atom. The Labute approximate surface area is 175 Å². The summed E-state index contributed by atoms with van der Waals surface area (Å²) in [7, 11) is 0. The maximum atomic E-state index is 12.6. The van der Waals surface area contributed by atoms with E-state index in [1.807, 2.05) is 36.1 Å². The smallest absolute Gasteiger partial charge is 0.257 e. The van der Waals surface area contributed by atoms with E-state index in [1.165, 1.54) is 0 Å². The first-order valence-corrected chi connectivity index (χ1v) is 10.5. The highest BCUT2D eigenvalue weighted by molar-refractivity contribution is 5.97. The zero-order valence-corrected chi connectivity index (χ0v) is 17.2. The van der Waals surface area contributed by atoms with Crippen LogP contribution in [0.15, 0.2) is 30.5 Å². The summed E-state index contributed by atoms with van der Waals surface area (Å²) < 4.78 is 0. The predicted octanol–water partition coefficient (Wildman–Crippen LogP) is 2.73. The van der Waals surface area contributed by atoms with Crippen molar-refractivity contribution in [2.45, 2.75) is 39.0 Å². The van der Waals surface area contributed by atoms with E-state index in [0.29, 0.717) is 37.2 Å². The van der Waals surface area contributed by atoms with Crippen molar-refractivity contribution < 1.29 is 14.4 Å². The number of piperidine rings is 1. The molecule has 0 unspecified atom stereocenters. The van der Waals surface area contributed by atoms with Crippen molar-refractivity contribution in [3.8, 4) is 0 Å². The number of nitrogens with one attached hydrogen (secondary N) is 2. The first kappa shape index (κ1) is 20.1. The monoisotopic (exact) mass is 409 g/mol. The van der Waals surface area contributed by atoms with Crippen molar-refractivity contribution in [2.75, 3.05) is 29.9 Å². The fraction of sp³-hybridized carbons (Fsp3) is 0.455. The topological polar surface area (TPSA) is 98.4 Å². The van der Waals surface area contributed by atoms with E-state index in [0.717, 1.165) is 37.2 Å². The number of carbonyl (C=O) groups excluding carboxylic acids is 3. The van der Waals surface area contributed by atoms with Gasteiger partial charge in [0.2, 0.25) is 11.8 Å². The molecule has 0 saturated carbocycles. The molecule has 0 bridgehead atoms. The van der Waals surface area contributed by atoms with Gasteiger partial charge in [0.25, 0.3) is 5.91 Å². The van der Waals surface area contributed by atoms with E-state index in [1.54, 1.807) is 11.1 Å². The number of amides is 3. The summed E-state index contributed by atoms with van der Waals surface area (Å²) in [5.41, 5.74) is 2.93. The number of aromatic amines is 1. The van der Waals surface area contributed by atoms with Crippen LogP contribution in [0.1, 0.15) is 48.2 Å². The predicted molar refractivity (Wildman–Crippen MR) is 113 cm³/mol. The number of carbonyl (C=O) groups is 3. The van der Waals surface area contributed by atoms with Crippen LogP contribution in [-0.4, -0.2) is 52.5 Å². The van der Waals surface area contributed by atoms with E-state index in [-0.39, 0.29) is 23.6 Å². The fourth-order valence-corrected chi connectivity index (χ4v) is 4.22. The summed E-state index contributed by atoms with van der Waals surface area (Å²) in [6.45, 7) is 3.86. The lowest BCUT2D eigenvalue weighted by Gasteiger charge is -2.31. The molecule has 3 heterocycles. The molecule has 4 rings (SSSR count). The van der Waals surface area contributed by atoms with Gasteiger partial charge in [0.15, 0.2) is 0 Å². The molecule has 2 fully saturated rings. The molecule has 8 heteroatoms. The Bertz CT molecular complexity index is 946. The van der Waals surface area contributed by atoms with E-state index in [2.05, 4.69) is 15.5 Å². The molecule has 0 atom stereocenters. The van der Waals surface area contributed by atoms with Crippen LogP contribution in [-0.2, 0) is 9.59 Å². The number of nitrogens with zero attached hydrogens (tertiary/aromatic N) is 3. The molecule has 2 aromatic rings.